The first-order valence-corrected chi connectivity index (χ1v) is 7.69. The second-order valence-electron chi connectivity index (χ2n) is 4.29. The van der Waals surface area contributed by atoms with E-state index < -0.39 is 0 Å². The van der Waals surface area contributed by atoms with Crippen LogP contribution in [0.3, 0.4) is 0 Å². The van der Waals surface area contributed by atoms with Crippen LogP contribution >= 0.6 is 11.8 Å². The van der Waals surface area contributed by atoms with Gasteiger partial charge in [-0.1, -0.05) is 6.92 Å². The van der Waals surface area contributed by atoms with E-state index in [1.165, 1.54) is 12.1 Å². The molecule has 0 radical (unpaired) electrons. The molecule has 0 aliphatic rings. The third-order valence-corrected chi connectivity index (χ3v) is 3.74. The zero-order chi connectivity index (χ0) is 14.4. The number of rotatable bonds is 6. The van der Waals surface area contributed by atoms with Crippen molar-refractivity contribution in [1.29, 1.82) is 0 Å². The molecule has 0 unspecified atom stereocenters. The maximum absolute atomic E-state index is 12.8. The van der Waals surface area contributed by atoms with Crippen molar-refractivity contribution in [1.82, 2.24) is 9.97 Å². The molecule has 0 fully saturated rings. The molecule has 2 rings (SSSR count). The Kier molecular flexibility index (Phi) is 5.35. The Hall–Kier alpha value is -1.62. The van der Waals surface area contributed by atoms with Gasteiger partial charge in [-0.2, -0.15) is 0 Å². The number of nitrogens with zero attached hydrogens (tertiary/aromatic N) is 2. The summed E-state index contributed by atoms with van der Waals surface area (Å²) >= 11 is 1.61. The first kappa shape index (κ1) is 14.8. The Labute approximate surface area is 123 Å². The molecule has 1 aromatic carbocycles. The van der Waals surface area contributed by atoms with Gasteiger partial charge in [0.25, 0.3) is 0 Å². The minimum Gasteiger partial charge on any atom is -0.370 e. The standard InChI is InChI=1S/C15H18FN3S/c1-3-12-9-14(17-4-2)19-15(18-12)10-20-13-7-5-11(16)6-8-13/h5-9H,3-4,10H2,1-2H3,(H,17,18,19). The van der Waals surface area contributed by atoms with Crippen molar-refractivity contribution >= 4 is 17.6 Å². The molecule has 3 nitrogen and oxygen atoms in total. The van der Waals surface area contributed by atoms with Crippen LogP contribution < -0.4 is 5.32 Å². The van der Waals surface area contributed by atoms with E-state index in [0.717, 1.165) is 35.2 Å². The molecule has 20 heavy (non-hydrogen) atoms. The lowest BCUT2D eigenvalue weighted by molar-refractivity contribution is 0.626. The number of halogens is 1. The van der Waals surface area contributed by atoms with Crippen molar-refractivity contribution < 1.29 is 4.39 Å². The molecule has 0 atom stereocenters. The minimum absolute atomic E-state index is 0.215. The van der Waals surface area contributed by atoms with Crippen molar-refractivity contribution in [3.63, 3.8) is 0 Å². The van der Waals surface area contributed by atoms with Crippen LogP contribution in [-0.2, 0) is 12.2 Å². The minimum atomic E-state index is -0.215. The first-order valence-electron chi connectivity index (χ1n) is 6.70. The molecular weight excluding hydrogens is 273 g/mol. The molecule has 0 saturated heterocycles. The van der Waals surface area contributed by atoms with Crippen molar-refractivity contribution in [3.8, 4) is 0 Å². The second-order valence-corrected chi connectivity index (χ2v) is 5.34. The van der Waals surface area contributed by atoms with E-state index in [1.807, 2.05) is 13.0 Å². The summed E-state index contributed by atoms with van der Waals surface area (Å²) in [6, 6.07) is 8.46. The van der Waals surface area contributed by atoms with E-state index in [-0.39, 0.29) is 5.82 Å². The number of aryl methyl sites for hydroxylation is 1. The van der Waals surface area contributed by atoms with Crippen LogP contribution in [-0.4, -0.2) is 16.5 Å². The zero-order valence-corrected chi connectivity index (χ0v) is 12.5. The van der Waals surface area contributed by atoms with Gasteiger partial charge in [0.2, 0.25) is 0 Å². The molecule has 2 aromatic rings. The lowest BCUT2D eigenvalue weighted by Gasteiger charge is -2.08. The lowest BCUT2D eigenvalue weighted by atomic mass is 10.3. The fourth-order valence-electron chi connectivity index (χ4n) is 1.75. The van der Waals surface area contributed by atoms with Crippen LogP contribution in [0.5, 0.6) is 0 Å². The molecule has 0 spiro atoms. The van der Waals surface area contributed by atoms with Gasteiger partial charge in [-0.15, -0.1) is 11.8 Å². The van der Waals surface area contributed by atoms with Gasteiger partial charge in [-0.25, -0.2) is 14.4 Å². The van der Waals surface area contributed by atoms with Crippen LogP contribution in [0.1, 0.15) is 25.4 Å². The van der Waals surface area contributed by atoms with E-state index in [9.17, 15) is 4.39 Å². The van der Waals surface area contributed by atoms with Gasteiger partial charge in [0.15, 0.2) is 0 Å². The summed E-state index contributed by atoms with van der Waals surface area (Å²) in [5.41, 5.74) is 1.03. The molecule has 1 N–H and O–H groups in total. The number of thioether (sulfide) groups is 1. The molecule has 0 aliphatic heterocycles. The number of nitrogens with one attached hydrogen (secondary N) is 1. The predicted molar refractivity (Wildman–Crippen MR) is 81.5 cm³/mol. The summed E-state index contributed by atoms with van der Waals surface area (Å²) in [6.07, 6.45) is 0.884. The highest BCUT2D eigenvalue weighted by Gasteiger charge is 2.04. The van der Waals surface area contributed by atoms with E-state index in [0.29, 0.717) is 5.75 Å². The highest BCUT2D eigenvalue weighted by atomic mass is 32.2. The monoisotopic (exact) mass is 291 g/mol. The Balaban J connectivity index is 2.07. The average Bonchev–Trinajstić information content (AvgIpc) is 2.47. The number of anilines is 1. The molecule has 0 aliphatic carbocycles. The van der Waals surface area contributed by atoms with E-state index in [2.05, 4.69) is 22.2 Å². The Bertz CT molecular complexity index is 558. The highest BCUT2D eigenvalue weighted by molar-refractivity contribution is 7.98. The third kappa shape index (κ3) is 4.20. The van der Waals surface area contributed by atoms with Crippen LogP contribution in [0, 0.1) is 5.82 Å². The molecule has 1 heterocycles. The third-order valence-electron chi connectivity index (χ3n) is 2.73. The van der Waals surface area contributed by atoms with Gasteiger partial charge in [0.05, 0.1) is 5.75 Å². The first-order chi connectivity index (χ1) is 9.71. The summed E-state index contributed by atoms with van der Waals surface area (Å²) in [5.74, 6) is 2.13. The van der Waals surface area contributed by atoms with Gasteiger partial charge in [0.1, 0.15) is 17.5 Å². The molecule has 106 valence electrons. The van der Waals surface area contributed by atoms with E-state index in [4.69, 9.17) is 0 Å². The summed E-state index contributed by atoms with van der Waals surface area (Å²) < 4.78 is 12.8. The molecule has 1 aromatic heterocycles. The zero-order valence-electron chi connectivity index (χ0n) is 11.7. The topological polar surface area (TPSA) is 37.8 Å². The summed E-state index contributed by atoms with van der Waals surface area (Å²) in [6.45, 7) is 4.96. The van der Waals surface area contributed by atoms with Crippen LogP contribution in [0.2, 0.25) is 0 Å². The maximum atomic E-state index is 12.8. The number of hydrogen-bond donors (Lipinski definition) is 1. The molecule has 0 saturated carbocycles. The second kappa shape index (κ2) is 7.24. The SMILES string of the molecule is CCNc1cc(CC)nc(CSc2ccc(F)cc2)n1. The van der Waals surface area contributed by atoms with Crippen molar-refractivity contribution in [3.05, 3.63) is 47.7 Å². The van der Waals surface area contributed by atoms with Crippen molar-refractivity contribution in [2.45, 2.75) is 30.9 Å². The Morgan fingerprint density at radius 1 is 1.15 bits per heavy atom. The summed E-state index contributed by atoms with van der Waals surface area (Å²) in [7, 11) is 0. The maximum Gasteiger partial charge on any atom is 0.141 e. The predicted octanol–water partition coefficient (Wildman–Crippen LogP) is 3.90. The molecule has 0 amide bonds. The van der Waals surface area contributed by atoms with E-state index in [1.54, 1.807) is 23.9 Å². The summed E-state index contributed by atoms with van der Waals surface area (Å²) in [4.78, 5) is 10.0. The van der Waals surface area contributed by atoms with Crippen molar-refractivity contribution in [2.75, 3.05) is 11.9 Å². The quantitative estimate of drug-likeness (QED) is 0.819. The normalized spacial score (nSPS) is 10.6. The largest absolute Gasteiger partial charge is 0.370 e. The molecular formula is C15H18FN3S. The number of hydrogen-bond acceptors (Lipinski definition) is 4. The van der Waals surface area contributed by atoms with Crippen LogP contribution in [0.15, 0.2) is 35.2 Å². The van der Waals surface area contributed by atoms with Gasteiger partial charge in [0, 0.05) is 23.2 Å². The van der Waals surface area contributed by atoms with E-state index >= 15 is 0 Å². The van der Waals surface area contributed by atoms with Gasteiger partial charge >= 0.3 is 0 Å². The highest BCUT2D eigenvalue weighted by Crippen LogP contribution is 2.22. The fraction of sp³-hybridized carbons (Fsp3) is 0.333. The number of benzene rings is 1. The van der Waals surface area contributed by atoms with Crippen LogP contribution in [0.25, 0.3) is 0 Å². The lowest BCUT2D eigenvalue weighted by Crippen LogP contribution is -2.05. The van der Waals surface area contributed by atoms with Gasteiger partial charge in [-0.05, 0) is 37.6 Å². The molecule has 0 bridgehead atoms. The smallest absolute Gasteiger partial charge is 0.141 e. The van der Waals surface area contributed by atoms with Crippen LogP contribution in [0.4, 0.5) is 10.2 Å². The summed E-state index contributed by atoms with van der Waals surface area (Å²) in [5, 5.41) is 3.22. The number of aromatic nitrogens is 2. The Morgan fingerprint density at radius 2 is 1.90 bits per heavy atom. The Morgan fingerprint density at radius 3 is 2.55 bits per heavy atom. The van der Waals surface area contributed by atoms with Crippen molar-refractivity contribution in [2.24, 2.45) is 0 Å². The van der Waals surface area contributed by atoms with Gasteiger partial charge in [-0.3, -0.25) is 0 Å². The van der Waals surface area contributed by atoms with Gasteiger partial charge < -0.3 is 5.32 Å². The molecule has 5 heteroatoms. The average molecular weight is 291 g/mol. The fourth-order valence-corrected chi connectivity index (χ4v) is 2.50.